The van der Waals surface area contributed by atoms with Gasteiger partial charge in [-0.1, -0.05) is 52.0 Å². The van der Waals surface area contributed by atoms with E-state index in [0.29, 0.717) is 29.4 Å². The van der Waals surface area contributed by atoms with Gasteiger partial charge in [-0.25, -0.2) is 0 Å². The summed E-state index contributed by atoms with van der Waals surface area (Å²) in [6.07, 6.45) is 0. The van der Waals surface area contributed by atoms with E-state index in [2.05, 4.69) is 27.7 Å². The molecule has 0 bridgehead atoms. The van der Waals surface area contributed by atoms with E-state index in [1.165, 1.54) is 0 Å². The van der Waals surface area contributed by atoms with Gasteiger partial charge in [-0.2, -0.15) is 0 Å². The van der Waals surface area contributed by atoms with Gasteiger partial charge in [0.25, 0.3) is 0 Å². The van der Waals surface area contributed by atoms with E-state index in [9.17, 15) is 9.59 Å². The van der Waals surface area contributed by atoms with Crippen LogP contribution in [-0.2, 0) is 16.8 Å². The molecule has 0 saturated heterocycles. The van der Waals surface area contributed by atoms with Crippen LogP contribution in [0.3, 0.4) is 0 Å². The topological polar surface area (TPSA) is 91.1 Å². The Bertz CT molecular complexity index is 1460. The minimum Gasteiger partial charge on any atom is -0.491 e. The van der Waals surface area contributed by atoms with Crippen LogP contribution < -0.4 is 24.8 Å². The third-order valence-corrected chi connectivity index (χ3v) is 7.82. The summed E-state index contributed by atoms with van der Waals surface area (Å²) in [4.78, 5) is 28.8. The van der Waals surface area contributed by atoms with Crippen molar-refractivity contribution in [1.29, 1.82) is 0 Å². The Morgan fingerprint density at radius 3 is 2.38 bits per heavy atom. The highest BCUT2D eigenvalue weighted by molar-refractivity contribution is 6.11. The number of ether oxygens (including phenoxy) is 3. The van der Waals surface area contributed by atoms with Crippen LogP contribution in [0.5, 0.6) is 17.2 Å². The van der Waals surface area contributed by atoms with Gasteiger partial charge >= 0.3 is 0 Å². The largest absolute Gasteiger partial charge is 0.491 e. The predicted octanol–water partition coefficient (Wildman–Crippen LogP) is 4.99. The minimum absolute atomic E-state index is 0.0494. The summed E-state index contributed by atoms with van der Waals surface area (Å²) in [5.74, 6) is 1.61. The van der Waals surface area contributed by atoms with Crippen LogP contribution in [0.25, 0.3) is 0 Å². The summed E-state index contributed by atoms with van der Waals surface area (Å²) in [7, 11) is 0. The highest BCUT2D eigenvalue weighted by atomic mass is 16.7. The molecule has 1 atom stereocenters. The number of rotatable bonds is 5. The van der Waals surface area contributed by atoms with Gasteiger partial charge in [0.05, 0.1) is 6.54 Å². The Kier molecular flexibility index (Phi) is 5.23. The van der Waals surface area contributed by atoms with Gasteiger partial charge in [0, 0.05) is 22.9 Å². The zero-order valence-corrected chi connectivity index (χ0v) is 21.5. The maximum Gasteiger partial charge on any atom is 0.248 e. The number of amides is 2. The first-order valence-corrected chi connectivity index (χ1v) is 12.7. The number of fused-ring (bicyclic) bond motifs is 5. The van der Waals surface area contributed by atoms with Gasteiger partial charge in [0.1, 0.15) is 17.8 Å². The van der Waals surface area contributed by atoms with E-state index in [1.807, 2.05) is 53.4 Å². The van der Waals surface area contributed by atoms with Gasteiger partial charge < -0.3 is 24.8 Å². The van der Waals surface area contributed by atoms with Gasteiger partial charge in [0.15, 0.2) is 11.5 Å². The average molecular weight is 499 g/mol. The predicted molar refractivity (Wildman–Crippen MR) is 140 cm³/mol. The van der Waals surface area contributed by atoms with Crippen LogP contribution >= 0.6 is 0 Å². The molecule has 7 heteroatoms. The lowest BCUT2D eigenvalue weighted by atomic mass is 9.77. The molecule has 1 unspecified atom stereocenters. The van der Waals surface area contributed by atoms with Crippen molar-refractivity contribution < 1.29 is 23.8 Å². The molecule has 2 amide bonds. The third kappa shape index (κ3) is 3.26. The van der Waals surface area contributed by atoms with Gasteiger partial charge in [-0.05, 0) is 52.3 Å². The Morgan fingerprint density at radius 1 is 0.946 bits per heavy atom. The Hall–Kier alpha value is -4.00. The van der Waals surface area contributed by atoms with E-state index in [0.717, 1.165) is 33.5 Å². The van der Waals surface area contributed by atoms with Gasteiger partial charge in [-0.3, -0.25) is 9.59 Å². The fourth-order valence-corrected chi connectivity index (χ4v) is 6.15. The molecule has 3 aliphatic heterocycles. The summed E-state index contributed by atoms with van der Waals surface area (Å²) < 4.78 is 17.3. The maximum atomic E-state index is 14.5. The Labute approximate surface area is 216 Å². The molecule has 37 heavy (non-hydrogen) atoms. The molecule has 3 aliphatic rings. The molecule has 0 saturated carbocycles. The smallest absolute Gasteiger partial charge is 0.248 e. The highest BCUT2D eigenvalue weighted by Gasteiger charge is 2.57. The summed E-state index contributed by atoms with van der Waals surface area (Å²) in [5.41, 5.74) is 10.8. The van der Waals surface area contributed by atoms with Crippen LogP contribution in [0.4, 0.5) is 5.69 Å². The fraction of sp³-hybridized carbons (Fsp3) is 0.333. The normalized spacial score (nSPS) is 19.1. The third-order valence-electron chi connectivity index (χ3n) is 7.82. The molecule has 2 N–H and O–H groups in total. The van der Waals surface area contributed by atoms with Crippen molar-refractivity contribution in [2.75, 3.05) is 18.3 Å². The van der Waals surface area contributed by atoms with E-state index < -0.39 is 11.3 Å². The van der Waals surface area contributed by atoms with Crippen molar-refractivity contribution >= 4 is 17.5 Å². The lowest BCUT2D eigenvalue weighted by Crippen LogP contribution is -2.42. The lowest BCUT2D eigenvalue weighted by molar-refractivity contribution is -0.122. The highest BCUT2D eigenvalue weighted by Crippen LogP contribution is 2.55. The molecule has 0 aromatic heterocycles. The van der Waals surface area contributed by atoms with Crippen LogP contribution in [0.2, 0.25) is 0 Å². The first-order chi connectivity index (χ1) is 17.7. The van der Waals surface area contributed by atoms with Crippen LogP contribution in [-0.4, -0.2) is 25.2 Å². The molecule has 0 aliphatic carbocycles. The zero-order chi connectivity index (χ0) is 26.1. The van der Waals surface area contributed by atoms with Crippen molar-refractivity contribution in [3.63, 3.8) is 0 Å². The quantitative estimate of drug-likeness (QED) is 0.535. The monoisotopic (exact) mass is 498 g/mol. The van der Waals surface area contributed by atoms with E-state index in [4.69, 9.17) is 19.9 Å². The number of primary amides is 1. The van der Waals surface area contributed by atoms with E-state index in [1.54, 1.807) is 0 Å². The van der Waals surface area contributed by atoms with Crippen LogP contribution in [0.1, 0.15) is 77.7 Å². The summed E-state index contributed by atoms with van der Waals surface area (Å²) in [6, 6.07) is 15.4. The summed E-state index contributed by atoms with van der Waals surface area (Å²) >= 11 is 0. The SMILES string of the molecule is CC(C)c1ccc(C(N)=O)c(C(C)C)c1CN1C(=O)C2(COc3cc4c(cc32)OCO4)c2ccccc21. The molecular weight excluding hydrogens is 468 g/mol. The maximum absolute atomic E-state index is 14.5. The second-order valence-electron chi connectivity index (χ2n) is 10.6. The number of hydrogen-bond acceptors (Lipinski definition) is 5. The van der Waals surface area contributed by atoms with E-state index >= 15 is 0 Å². The second kappa shape index (κ2) is 8.26. The number of para-hydroxylation sites is 1. The second-order valence-corrected chi connectivity index (χ2v) is 10.6. The molecule has 3 heterocycles. The summed E-state index contributed by atoms with van der Waals surface area (Å²) in [6.45, 7) is 9.04. The summed E-state index contributed by atoms with van der Waals surface area (Å²) in [5, 5.41) is 0. The van der Waals surface area contributed by atoms with Crippen molar-refractivity contribution in [2.24, 2.45) is 5.73 Å². The van der Waals surface area contributed by atoms with Crippen molar-refractivity contribution in [1.82, 2.24) is 0 Å². The number of nitrogens with zero attached hydrogens (tertiary/aromatic N) is 1. The van der Waals surface area contributed by atoms with Gasteiger partial charge in [0.2, 0.25) is 18.6 Å². The van der Waals surface area contributed by atoms with Gasteiger partial charge in [-0.15, -0.1) is 0 Å². The fourth-order valence-electron chi connectivity index (χ4n) is 6.15. The van der Waals surface area contributed by atoms with Crippen molar-refractivity contribution in [3.8, 4) is 17.2 Å². The number of carbonyl (C=O) groups excluding carboxylic acids is 2. The van der Waals surface area contributed by atoms with Crippen molar-refractivity contribution in [2.45, 2.75) is 51.5 Å². The van der Waals surface area contributed by atoms with Crippen LogP contribution in [0.15, 0.2) is 48.5 Å². The lowest BCUT2D eigenvalue weighted by Gasteiger charge is -2.27. The number of anilines is 1. The first-order valence-electron chi connectivity index (χ1n) is 12.7. The molecule has 190 valence electrons. The average Bonchev–Trinajstić information content (AvgIpc) is 3.54. The first kappa shape index (κ1) is 23.4. The standard InChI is InChI=1S/C30H30N2O5/c1-16(2)18-9-10-19(28(31)33)27(17(3)4)20(18)13-32-23-8-6-5-7-21(23)30(29(32)34)14-35-24-12-26-25(11-22(24)30)36-15-37-26/h5-12,16-17H,13-15H2,1-4H3,(H2,31,33). The molecular formula is C30H30N2O5. The number of benzene rings is 3. The number of carbonyl (C=O) groups is 2. The van der Waals surface area contributed by atoms with Crippen LogP contribution in [0, 0.1) is 0 Å². The Balaban J connectivity index is 1.52. The Morgan fingerprint density at radius 2 is 1.68 bits per heavy atom. The minimum atomic E-state index is -0.982. The number of nitrogens with two attached hydrogens (primary N) is 1. The molecule has 0 radical (unpaired) electrons. The van der Waals surface area contributed by atoms with E-state index in [-0.39, 0.29) is 31.1 Å². The molecule has 7 nitrogen and oxygen atoms in total. The molecule has 3 aromatic carbocycles. The number of hydrogen-bond donors (Lipinski definition) is 1. The molecule has 0 fully saturated rings. The molecule has 3 aromatic rings. The molecule has 1 spiro atoms. The zero-order valence-electron chi connectivity index (χ0n) is 21.5. The molecule has 6 rings (SSSR count). The van der Waals surface area contributed by atoms with Crippen molar-refractivity contribution in [3.05, 3.63) is 81.9 Å².